The monoisotopic (exact) mass is 345 g/mol. The zero-order valence-corrected chi connectivity index (χ0v) is 15.0. The summed E-state index contributed by atoms with van der Waals surface area (Å²) < 4.78 is 6.21. The van der Waals surface area contributed by atoms with Gasteiger partial charge in [0.25, 0.3) is 0 Å². The highest BCUT2D eigenvalue weighted by Crippen LogP contribution is 2.36. The molecule has 1 fully saturated rings. The van der Waals surface area contributed by atoms with E-state index >= 15 is 0 Å². The summed E-state index contributed by atoms with van der Waals surface area (Å²) in [6.07, 6.45) is 1.57. The first kappa shape index (κ1) is 16.8. The van der Waals surface area contributed by atoms with Crippen molar-refractivity contribution in [1.82, 2.24) is 5.32 Å². The van der Waals surface area contributed by atoms with Crippen LogP contribution in [0.25, 0.3) is 10.8 Å². The van der Waals surface area contributed by atoms with E-state index in [1.807, 2.05) is 48.5 Å². The van der Waals surface area contributed by atoms with Gasteiger partial charge in [0.15, 0.2) is 0 Å². The minimum absolute atomic E-state index is 0.245. The molecule has 4 rings (SSSR count). The number of ether oxygens (including phenoxy) is 1. The minimum Gasteiger partial charge on any atom is -0.450 e. The first-order valence-electron chi connectivity index (χ1n) is 9.17. The lowest BCUT2D eigenvalue weighted by molar-refractivity contribution is -0.0376. The maximum absolute atomic E-state index is 13.1. The molecular formula is C23H23NO2. The van der Waals surface area contributed by atoms with Crippen LogP contribution in [0.4, 0.5) is 0 Å². The molecule has 0 aliphatic carbocycles. The first-order valence-corrected chi connectivity index (χ1v) is 9.17. The number of carbonyl (C=O) groups is 1. The lowest BCUT2D eigenvalue weighted by Crippen LogP contribution is -2.43. The van der Waals surface area contributed by atoms with Crippen LogP contribution in [0.5, 0.6) is 0 Å². The summed E-state index contributed by atoms with van der Waals surface area (Å²) in [4.78, 5) is 13.1. The van der Waals surface area contributed by atoms with Crippen molar-refractivity contribution in [2.45, 2.75) is 25.4 Å². The van der Waals surface area contributed by atoms with Crippen molar-refractivity contribution in [2.24, 2.45) is 0 Å². The van der Waals surface area contributed by atoms with Crippen LogP contribution in [0.15, 0.2) is 66.7 Å². The summed E-state index contributed by atoms with van der Waals surface area (Å²) in [7, 11) is 0. The van der Waals surface area contributed by atoms with Crippen LogP contribution in [0, 0.1) is 6.92 Å². The van der Waals surface area contributed by atoms with Gasteiger partial charge in [-0.15, -0.1) is 0 Å². The van der Waals surface area contributed by atoms with Crippen molar-refractivity contribution >= 4 is 16.7 Å². The predicted molar refractivity (Wildman–Crippen MR) is 104 cm³/mol. The van der Waals surface area contributed by atoms with Crippen molar-refractivity contribution in [1.29, 1.82) is 0 Å². The normalized spacial score (nSPS) is 16.3. The van der Waals surface area contributed by atoms with Crippen LogP contribution in [-0.4, -0.2) is 19.1 Å². The summed E-state index contributed by atoms with van der Waals surface area (Å²) in [5, 5.41) is 5.38. The van der Waals surface area contributed by atoms with E-state index in [1.165, 1.54) is 5.56 Å². The standard InChI is InChI=1S/C23H23NO2/c1-17-10-11-20-18(16-17)6-5-9-21(20)22(25)26-23(12-14-24-15-13-23)19-7-3-2-4-8-19/h2-11,16,24H,12-15H2,1H3. The molecule has 0 spiro atoms. The van der Waals surface area contributed by atoms with E-state index < -0.39 is 5.60 Å². The number of carbonyl (C=O) groups excluding carboxylic acids is 1. The lowest BCUT2D eigenvalue weighted by Gasteiger charge is -2.37. The van der Waals surface area contributed by atoms with Gasteiger partial charge in [0.1, 0.15) is 5.60 Å². The van der Waals surface area contributed by atoms with Crippen LogP contribution in [-0.2, 0) is 10.3 Å². The fraction of sp³-hybridized carbons (Fsp3) is 0.261. The highest BCUT2D eigenvalue weighted by atomic mass is 16.6. The van der Waals surface area contributed by atoms with Crippen molar-refractivity contribution in [3.63, 3.8) is 0 Å². The quantitative estimate of drug-likeness (QED) is 0.706. The van der Waals surface area contributed by atoms with Gasteiger partial charge in [-0.2, -0.15) is 0 Å². The third-order valence-electron chi connectivity index (χ3n) is 5.26. The van der Waals surface area contributed by atoms with E-state index in [0.717, 1.165) is 42.3 Å². The Labute approximate surface area is 154 Å². The number of piperidine rings is 1. The Morgan fingerprint density at radius 2 is 1.73 bits per heavy atom. The predicted octanol–water partition coefficient (Wildman–Crippen LogP) is 4.58. The van der Waals surface area contributed by atoms with E-state index in [1.54, 1.807) is 0 Å². The zero-order chi connectivity index (χ0) is 18.0. The summed E-state index contributed by atoms with van der Waals surface area (Å²) in [5.74, 6) is -0.245. The van der Waals surface area contributed by atoms with E-state index in [-0.39, 0.29) is 5.97 Å². The number of hydrogen-bond acceptors (Lipinski definition) is 3. The SMILES string of the molecule is Cc1ccc2c(C(=O)OC3(c4ccccc4)CCNCC3)cccc2c1. The molecule has 0 atom stereocenters. The van der Waals surface area contributed by atoms with Gasteiger partial charge in [0.05, 0.1) is 5.56 Å². The second-order valence-corrected chi connectivity index (χ2v) is 7.03. The van der Waals surface area contributed by atoms with Crippen LogP contribution in [0.2, 0.25) is 0 Å². The fourth-order valence-electron chi connectivity index (χ4n) is 3.84. The molecule has 1 heterocycles. The van der Waals surface area contributed by atoms with Gasteiger partial charge >= 0.3 is 5.97 Å². The van der Waals surface area contributed by atoms with Gasteiger partial charge in [0.2, 0.25) is 0 Å². The molecular weight excluding hydrogens is 322 g/mol. The second kappa shape index (κ2) is 6.93. The molecule has 3 heteroatoms. The lowest BCUT2D eigenvalue weighted by atomic mass is 9.84. The molecule has 132 valence electrons. The average molecular weight is 345 g/mol. The molecule has 26 heavy (non-hydrogen) atoms. The number of esters is 1. The molecule has 0 amide bonds. The molecule has 1 N–H and O–H groups in total. The Hall–Kier alpha value is -2.65. The number of fused-ring (bicyclic) bond motifs is 1. The zero-order valence-electron chi connectivity index (χ0n) is 15.0. The Balaban J connectivity index is 1.72. The number of benzene rings is 3. The summed E-state index contributed by atoms with van der Waals surface area (Å²) in [6.45, 7) is 3.75. The molecule has 1 saturated heterocycles. The Morgan fingerprint density at radius 1 is 0.962 bits per heavy atom. The van der Waals surface area contributed by atoms with Gasteiger partial charge in [-0.05, 0) is 42.4 Å². The van der Waals surface area contributed by atoms with Gasteiger partial charge < -0.3 is 10.1 Å². The topological polar surface area (TPSA) is 38.3 Å². The maximum Gasteiger partial charge on any atom is 0.339 e. The molecule has 0 radical (unpaired) electrons. The van der Waals surface area contributed by atoms with Crippen molar-refractivity contribution < 1.29 is 9.53 Å². The number of rotatable bonds is 3. The van der Waals surface area contributed by atoms with Crippen LogP contribution in [0.1, 0.15) is 34.3 Å². The largest absolute Gasteiger partial charge is 0.450 e. The molecule has 0 aromatic heterocycles. The molecule has 1 aliphatic heterocycles. The second-order valence-electron chi connectivity index (χ2n) is 7.03. The molecule has 0 unspecified atom stereocenters. The fourth-order valence-corrected chi connectivity index (χ4v) is 3.84. The summed E-state index contributed by atoms with van der Waals surface area (Å²) >= 11 is 0. The first-order chi connectivity index (χ1) is 12.7. The minimum atomic E-state index is -0.559. The van der Waals surface area contributed by atoms with E-state index in [0.29, 0.717) is 5.56 Å². The van der Waals surface area contributed by atoms with Crippen molar-refractivity contribution in [3.05, 3.63) is 83.4 Å². The summed E-state index contributed by atoms with van der Waals surface area (Å²) in [5.41, 5.74) is 2.33. The average Bonchev–Trinajstić information content (AvgIpc) is 2.68. The third kappa shape index (κ3) is 3.11. The van der Waals surface area contributed by atoms with E-state index in [2.05, 4.69) is 30.4 Å². The molecule has 0 bridgehead atoms. The van der Waals surface area contributed by atoms with Crippen molar-refractivity contribution in [2.75, 3.05) is 13.1 Å². The molecule has 3 nitrogen and oxygen atoms in total. The highest BCUT2D eigenvalue weighted by Gasteiger charge is 2.38. The van der Waals surface area contributed by atoms with Gasteiger partial charge in [-0.1, -0.05) is 66.2 Å². The Morgan fingerprint density at radius 3 is 2.50 bits per heavy atom. The number of hydrogen-bond donors (Lipinski definition) is 1. The molecule has 3 aromatic carbocycles. The molecule has 1 aliphatic rings. The summed E-state index contributed by atoms with van der Waals surface area (Å²) in [6, 6.07) is 22.1. The number of nitrogens with one attached hydrogen (secondary N) is 1. The van der Waals surface area contributed by atoms with E-state index in [4.69, 9.17) is 4.74 Å². The molecule has 3 aromatic rings. The van der Waals surface area contributed by atoms with Gasteiger partial charge in [-0.3, -0.25) is 0 Å². The van der Waals surface area contributed by atoms with Gasteiger partial charge in [0, 0.05) is 12.8 Å². The Bertz CT molecular complexity index is 927. The van der Waals surface area contributed by atoms with Crippen LogP contribution >= 0.6 is 0 Å². The van der Waals surface area contributed by atoms with E-state index in [9.17, 15) is 4.79 Å². The third-order valence-corrected chi connectivity index (χ3v) is 5.26. The van der Waals surface area contributed by atoms with Crippen LogP contribution < -0.4 is 5.32 Å². The van der Waals surface area contributed by atoms with Gasteiger partial charge in [-0.25, -0.2) is 4.79 Å². The van der Waals surface area contributed by atoms with Crippen LogP contribution in [0.3, 0.4) is 0 Å². The molecule has 0 saturated carbocycles. The highest BCUT2D eigenvalue weighted by molar-refractivity contribution is 6.04. The maximum atomic E-state index is 13.1. The Kier molecular flexibility index (Phi) is 4.48. The van der Waals surface area contributed by atoms with Crippen molar-refractivity contribution in [3.8, 4) is 0 Å². The number of aryl methyl sites for hydroxylation is 1. The smallest absolute Gasteiger partial charge is 0.339 e.